The number of carboxylic acids is 1. The SMILES string of the molecule is CCc1cc(NN=C(C)C(=O)O)ccc1Br. The third-order valence-electron chi connectivity index (χ3n) is 2.09. The molecule has 0 aromatic heterocycles. The van der Waals surface area contributed by atoms with Crippen LogP contribution < -0.4 is 5.43 Å². The van der Waals surface area contributed by atoms with Crippen molar-refractivity contribution in [2.24, 2.45) is 5.10 Å². The summed E-state index contributed by atoms with van der Waals surface area (Å²) >= 11 is 3.44. The molecule has 0 aliphatic heterocycles. The van der Waals surface area contributed by atoms with Crippen LogP contribution in [0.25, 0.3) is 0 Å². The molecule has 0 spiro atoms. The van der Waals surface area contributed by atoms with Gasteiger partial charge in [-0.05, 0) is 37.1 Å². The van der Waals surface area contributed by atoms with Crippen LogP contribution in [0.2, 0.25) is 0 Å². The Bertz CT molecular complexity index is 430. The lowest BCUT2D eigenvalue weighted by Gasteiger charge is -2.05. The van der Waals surface area contributed by atoms with E-state index in [9.17, 15) is 4.79 Å². The van der Waals surface area contributed by atoms with Crippen molar-refractivity contribution in [3.05, 3.63) is 28.2 Å². The maximum Gasteiger partial charge on any atom is 0.351 e. The number of hydrazone groups is 1. The fraction of sp³-hybridized carbons (Fsp3) is 0.273. The van der Waals surface area contributed by atoms with E-state index in [0.29, 0.717) is 0 Å². The monoisotopic (exact) mass is 284 g/mol. The average Bonchev–Trinajstić information content (AvgIpc) is 2.27. The molecule has 0 saturated heterocycles. The molecule has 0 atom stereocenters. The number of carbonyl (C=O) groups is 1. The average molecular weight is 285 g/mol. The van der Waals surface area contributed by atoms with Gasteiger partial charge in [0.25, 0.3) is 0 Å². The molecule has 86 valence electrons. The molecule has 1 aromatic rings. The highest BCUT2D eigenvalue weighted by Crippen LogP contribution is 2.21. The van der Waals surface area contributed by atoms with Gasteiger partial charge in [-0.3, -0.25) is 5.43 Å². The Morgan fingerprint density at radius 1 is 1.56 bits per heavy atom. The van der Waals surface area contributed by atoms with Gasteiger partial charge in [-0.2, -0.15) is 5.10 Å². The highest BCUT2D eigenvalue weighted by molar-refractivity contribution is 9.10. The van der Waals surface area contributed by atoms with Gasteiger partial charge in [-0.25, -0.2) is 4.79 Å². The van der Waals surface area contributed by atoms with Crippen molar-refractivity contribution < 1.29 is 9.90 Å². The number of benzene rings is 1. The van der Waals surface area contributed by atoms with Gasteiger partial charge in [-0.1, -0.05) is 22.9 Å². The van der Waals surface area contributed by atoms with Gasteiger partial charge in [0.15, 0.2) is 0 Å². The maximum absolute atomic E-state index is 10.5. The highest BCUT2D eigenvalue weighted by atomic mass is 79.9. The van der Waals surface area contributed by atoms with Crippen LogP contribution in [-0.2, 0) is 11.2 Å². The van der Waals surface area contributed by atoms with Crippen molar-refractivity contribution in [3.8, 4) is 0 Å². The highest BCUT2D eigenvalue weighted by Gasteiger charge is 2.02. The van der Waals surface area contributed by atoms with E-state index in [1.165, 1.54) is 6.92 Å². The molecule has 2 N–H and O–H groups in total. The van der Waals surface area contributed by atoms with Crippen molar-refractivity contribution in [2.45, 2.75) is 20.3 Å². The second-order valence-electron chi connectivity index (χ2n) is 3.27. The van der Waals surface area contributed by atoms with Crippen molar-refractivity contribution >= 4 is 33.3 Å². The fourth-order valence-corrected chi connectivity index (χ4v) is 1.64. The number of anilines is 1. The van der Waals surface area contributed by atoms with Crippen LogP contribution in [0.15, 0.2) is 27.8 Å². The molecular formula is C11H13BrN2O2. The summed E-state index contributed by atoms with van der Waals surface area (Å²) < 4.78 is 1.04. The lowest BCUT2D eigenvalue weighted by Crippen LogP contribution is -2.10. The molecule has 0 unspecified atom stereocenters. The normalized spacial score (nSPS) is 11.3. The number of nitrogens with one attached hydrogen (secondary N) is 1. The lowest BCUT2D eigenvalue weighted by atomic mass is 10.1. The molecular weight excluding hydrogens is 272 g/mol. The summed E-state index contributed by atoms with van der Waals surface area (Å²) in [4.78, 5) is 10.5. The van der Waals surface area contributed by atoms with Crippen molar-refractivity contribution in [1.29, 1.82) is 0 Å². The van der Waals surface area contributed by atoms with E-state index in [4.69, 9.17) is 5.11 Å². The Balaban J connectivity index is 2.83. The molecule has 1 aromatic carbocycles. The molecule has 0 amide bonds. The van der Waals surface area contributed by atoms with Crippen LogP contribution in [0.3, 0.4) is 0 Å². The van der Waals surface area contributed by atoms with E-state index in [1.807, 2.05) is 18.2 Å². The van der Waals surface area contributed by atoms with Crippen LogP contribution in [0.5, 0.6) is 0 Å². The number of aryl methyl sites for hydroxylation is 1. The number of halogens is 1. The van der Waals surface area contributed by atoms with Crippen molar-refractivity contribution in [2.75, 3.05) is 5.43 Å². The van der Waals surface area contributed by atoms with Crippen LogP contribution in [-0.4, -0.2) is 16.8 Å². The predicted octanol–water partition coefficient (Wildman–Crippen LogP) is 2.88. The number of hydrogen-bond acceptors (Lipinski definition) is 3. The molecule has 16 heavy (non-hydrogen) atoms. The van der Waals surface area contributed by atoms with Crippen LogP contribution in [0.1, 0.15) is 19.4 Å². The third-order valence-corrected chi connectivity index (χ3v) is 2.86. The molecule has 0 fully saturated rings. The van der Waals surface area contributed by atoms with Gasteiger partial charge in [-0.15, -0.1) is 0 Å². The van der Waals surface area contributed by atoms with Gasteiger partial charge in [0.1, 0.15) is 5.71 Å². The zero-order chi connectivity index (χ0) is 12.1. The molecule has 0 saturated carbocycles. The Kier molecular flexibility index (Phi) is 4.49. The Morgan fingerprint density at radius 3 is 2.81 bits per heavy atom. The minimum absolute atomic E-state index is 0.0287. The van der Waals surface area contributed by atoms with Gasteiger partial charge in [0.2, 0.25) is 0 Å². The molecule has 4 nitrogen and oxygen atoms in total. The number of hydrogen-bond donors (Lipinski definition) is 2. The summed E-state index contributed by atoms with van der Waals surface area (Å²) in [7, 11) is 0. The Morgan fingerprint density at radius 2 is 2.25 bits per heavy atom. The molecule has 0 aliphatic rings. The summed E-state index contributed by atoms with van der Waals surface area (Å²) in [6.07, 6.45) is 0.901. The van der Waals surface area contributed by atoms with E-state index < -0.39 is 5.97 Å². The molecule has 1 rings (SSSR count). The number of carboxylic acid groups (broad SMARTS) is 1. The minimum Gasteiger partial charge on any atom is -0.477 e. The van der Waals surface area contributed by atoms with Gasteiger partial charge >= 0.3 is 5.97 Å². The van der Waals surface area contributed by atoms with E-state index in [0.717, 1.165) is 22.1 Å². The van der Waals surface area contributed by atoms with Gasteiger partial charge in [0.05, 0.1) is 5.69 Å². The van der Waals surface area contributed by atoms with Crippen LogP contribution in [0, 0.1) is 0 Å². The first-order valence-electron chi connectivity index (χ1n) is 4.86. The number of nitrogens with zero attached hydrogens (tertiary/aromatic N) is 1. The number of rotatable bonds is 4. The molecule has 0 aliphatic carbocycles. The molecule has 0 bridgehead atoms. The Hall–Kier alpha value is -1.36. The van der Waals surface area contributed by atoms with E-state index >= 15 is 0 Å². The predicted molar refractivity (Wildman–Crippen MR) is 67.9 cm³/mol. The third kappa shape index (κ3) is 3.34. The first kappa shape index (κ1) is 12.7. The van der Waals surface area contributed by atoms with E-state index in [-0.39, 0.29) is 5.71 Å². The van der Waals surface area contributed by atoms with Crippen molar-refractivity contribution in [1.82, 2.24) is 0 Å². The standard InChI is InChI=1S/C11H13BrN2O2/c1-3-8-6-9(4-5-10(8)12)14-13-7(2)11(15)16/h4-6,14H,3H2,1-2H3,(H,15,16). The summed E-state index contributed by atoms with van der Waals surface area (Å²) in [5, 5.41) is 12.4. The summed E-state index contributed by atoms with van der Waals surface area (Å²) in [5.74, 6) is -1.03. The molecule has 5 heteroatoms. The minimum atomic E-state index is -1.03. The van der Waals surface area contributed by atoms with Crippen LogP contribution >= 0.6 is 15.9 Å². The second kappa shape index (κ2) is 5.65. The largest absolute Gasteiger partial charge is 0.477 e. The van der Waals surface area contributed by atoms with Gasteiger partial charge < -0.3 is 5.11 Å². The lowest BCUT2D eigenvalue weighted by molar-refractivity contribution is -0.129. The fourth-order valence-electron chi connectivity index (χ4n) is 1.11. The summed E-state index contributed by atoms with van der Waals surface area (Å²) in [5.41, 5.74) is 4.67. The first-order chi connectivity index (χ1) is 7.54. The molecule has 0 heterocycles. The quantitative estimate of drug-likeness (QED) is 0.660. The zero-order valence-corrected chi connectivity index (χ0v) is 10.7. The smallest absolute Gasteiger partial charge is 0.351 e. The second-order valence-corrected chi connectivity index (χ2v) is 4.13. The van der Waals surface area contributed by atoms with Crippen molar-refractivity contribution in [3.63, 3.8) is 0 Å². The summed E-state index contributed by atoms with van der Waals surface area (Å²) in [6, 6.07) is 5.68. The van der Waals surface area contributed by atoms with E-state index in [2.05, 4.69) is 33.4 Å². The molecule has 0 radical (unpaired) electrons. The first-order valence-corrected chi connectivity index (χ1v) is 5.66. The summed E-state index contributed by atoms with van der Waals surface area (Å²) in [6.45, 7) is 3.49. The zero-order valence-electron chi connectivity index (χ0n) is 9.12. The van der Waals surface area contributed by atoms with E-state index in [1.54, 1.807) is 0 Å². The maximum atomic E-state index is 10.5. The Labute approximate surface area is 102 Å². The van der Waals surface area contributed by atoms with Gasteiger partial charge in [0, 0.05) is 4.47 Å². The number of aliphatic carboxylic acids is 1. The van der Waals surface area contributed by atoms with Crippen LogP contribution in [0.4, 0.5) is 5.69 Å². The topological polar surface area (TPSA) is 61.7 Å².